The lowest BCUT2D eigenvalue weighted by atomic mass is 10.1. The Morgan fingerprint density at radius 3 is 1.91 bits per heavy atom. The number of rotatable bonds is 11. The van der Waals surface area contributed by atoms with Gasteiger partial charge in [-0.2, -0.15) is 0 Å². The van der Waals surface area contributed by atoms with Crippen LogP contribution in [0, 0.1) is 0 Å². The van der Waals surface area contributed by atoms with E-state index in [4.69, 9.17) is 4.98 Å². The third-order valence-corrected chi connectivity index (χ3v) is 6.05. The van der Waals surface area contributed by atoms with Crippen LogP contribution < -0.4 is 0 Å². The van der Waals surface area contributed by atoms with Crippen molar-refractivity contribution in [1.29, 1.82) is 0 Å². The van der Waals surface area contributed by atoms with Gasteiger partial charge in [-0.3, -0.25) is 4.90 Å². The lowest BCUT2D eigenvalue weighted by Crippen LogP contribution is -2.25. The van der Waals surface area contributed by atoms with Crippen molar-refractivity contribution in [3.8, 4) is 22.6 Å². The summed E-state index contributed by atoms with van der Waals surface area (Å²) in [7, 11) is 0. The third kappa shape index (κ3) is 5.80. The van der Waals surface area contributed by atoms with Gasteiger partial charge in [0.05, 0.1) is 11.4 Å². The van der Waals surface area contributed by atoms with Crippen LogP contribution in [0.2, 0.25) is 0 Å². The van der Waals surface area contributed by atoms with Crippen LogP contribution in [0.3, 0.4) is 0 Å². The summed E-state index contributed by atoms with van der Waals surface area (Å²) in [5.41, 5.74) is 6.16. The molecule has 3 heteroatoms. The molecule has 0 saturated heterocycles. The molecule has 0 fully saturated rings. The highest BCUT2D eigenvalue weighted by Crippen LogP contribution is 2.31. The first-order chi connectivity index (χ1) is 16.3. The first-order valence-electron chi connectivity index (χ1n) is 12.3. The van der Waals surface area contributed by atoms with E-state index in [-0.39, 0.29) is 0 Å². The van der Waals surface area contributed by atoms with Gasteiger partial charge in [-0.1, -0.05) is 111 Å². The van der Waals surface area contributed by atoms with Crippen molar-refractivity contribution in [1.82, 2.24) is 14.5 Å². The number of aromatic nitrogens is 2. The summed E-state index contributed by atoms with van der Waals surface area (Å²) in [6, 6.07) is 32.1. The Morgan fingerprint density at radius 2 is 1.30 bits per heavy atom. The molecule has 4 rings (SSSR count). The maximum absolute atomic E-state index is 5.26. The quantitative estimate of drug-likeness (QED) is 0.243. The average Bonchev–Trinajstić information content (AvgIpc) is 3.22. The molecule has 0 amide bonds. The molecular formula is C30H35N3. The lowest BCUT2D eigenvalue weighted by Gasteiger charge is -2.24. The summed E-state index contributed by atoms with van der Waals surface area (Å²) in [6.07, 6.45) is 3.43. The zero-order chi connectivity index (χ0) is 22.9. The molecule has 0 bridgehead atoms. The number of nitrogens with zero attached hydrogens (tertiary/aromatic N) is 3. The van der Waals surface area contributed by atoms with E-state index in [1.807, 2.05) is 0 Å². The number of imidazole rings is 1. The number of benzene rings is 3. The molecule has 0 radical (unpaired) electrons. The fraction of sp³-hybridized carbons (Fsp3) is 0.300. The summed E-state index contributed by atoms with van der Waals surface area (Å²) in [6.45, 7) is 8.40. The molecule has 0 unspecified atom stereocenters. The standard InChI is InChI=1S/C30H35N3/c1-3-5-22-33-28(24-32(21-4-2)23-25-15-9-6-10-16-25)29(26-17-11-7-12-18-26)31-30(33)27-19-13-8-14-20-27/h6-20H,3-5,21-24H2,1-2H3. The summed E-state index contributed by atoms with van der Waals surface area (Å²) in [5.74, 6) is 1.08. The van der Waals surface area contributed by atoms with E-state index in [0.29, 0.717) is 0 Å². The Hall–Kier alpha value is -3.17. The van der Waals surface area contributed by atoms with E-state index >= 15 is 0 Å². The maximum atomic E-state index is 5.26. The predicted octanol–water partition coefficient (Wildman–Crippen LogP) is 7.43. The molecule has 3 aromatic carbocycles. The molecule has 0 N–H and O–H groups in total. The van der Waals surface area contributed by atoms with Gasteiger partial charge in [-0.15, -0.1) is 0 Å². The number of unbranched alkanes of at least 4 members (excludes halogenated alkanes) is 1. The van der Waals surface area contributed by atoms with Crippen LogP contribution >= 0.6 is 0 Å². The normalized spacial score (nSPS) is 11.2. The van der Waals surface area contributed by atoms with Crippen molar-refractivity contribution < 1.29 is 0 Å². The largest absolute Gasteiger partial charge is 0.326 e. The van der Waals surface area contributed by atoms with Gasteiger partial charge < -0.3 is 4.57 Å². The summed E-state index contributed by atoms with van der Waals surface area (Å²) < 4.78 is 2.48. The van der Waals surface area contributed by atoms with E-state index in [1.54, 1.807) is 0 Å². The van der Waals surface area contributed by atoms with Crippen molar-refractivity contribution in [3.63, 3.8) is 0 Å². The van der Waals surface area contributed by atoms with E-state index in [1.165, 1.54) is 22.4 Å². The van der Waals surface area contributed by atoms with E-state index in [0.717, 1.165) is 57.0 Å². The fourth-order valence-corrected chi connectivity index (χ4v) is 4.42. The summed E-state index contributed by atoms with van der Waals surface area (Å²) >= 11 is 0. The second kappa shape index (κ2) is 11.6. The van der Waals surface area contributed by atoms with Gasteiger partial charge in [0.15, 0.2) is 0 Å². The second-order valence-corrected chi connectivity index (χ2v) is 8.66. The molecule has 0 aliphatic carbocycles. The highest BCUT2D eigenvalue weighted by atomic mass is 15.2. The predicted molar refractivity (Wildman–Crippen MR) is 139 cm³/mol. The number of hydrogen-bond acceptors (Lipinski definition) is 2. The first-order valence-corrected chi connectivity index (χ1v) is 12.3. The molecule has 4 aromatic rings. The molecule has 0 atom stereocenters. The van der Waals surface area contributed by atoms with Crippen LogP contribution in [0.15, 0.2) is 91.0 Å². The number of hydrogen-bond donors (Lipinski definition) is 0. The molecule has 0 aliphatic rings. The molecule has 0 spiro atoms. The van der Waals surface area contributed by atoms with Gasteiger partial charge in [0, 0.05) is 30.8 Å². The van der Waals surface area contributed by atoms with Crippen LogP contribution in [0.5, 0.6) is 0 Å². The van der Waals surface area contributed by atoms with Crippen molar-refractivity contribution in [2.75, 3.05) is 6.54 Å². The topological polar surface area (TPSA) is 21.1 Å². The Balaban J connectivity index is 1.80. The van der Waals surface area contributed by atoms with Gasteiger partial charge >= 0.3 is 0 Å². The molecule has 0 saturated carbocycles. The van der Waals surface area contributed by atoms with Crippen molar-refractivity contribution >= 4 is 0 Å². The highest BCUT2D eigenvalue weighted by molar-refractivity contribution is 5.68. The minimum absolute atomic E-state index is 0.885. The Morgan fingerprint density at radius 1 is 0.697 bits per heavy atom. The summed E-state index contributed by atoms with van der Waals surface area (Å²) in [5, 5.41) is 0. The minimum Gasteiger partial charge on any atom is -0.326 e. The zero-order valence-electron chi connectivity index (χ0n) is 20.0. The molecule has 3 nitrogen and oxygen atoms in total. The maximum Gasteiger partial charge on any atom is 0.140 e. The van der Waals surface area contributed by atoms with Crippen LogP contribution in [-0.2, 0) is 19.6 Å². The molecule has 170 valence electrons. The summed E-state index contributed by atoms with van der Waals surface area (Å²) in [4.78, 5) is 7.83. The van der Waals surface area contributed by atoms with Crippen molar-refractivity contribution in [3.05, 3.63) is 102 Å². The molecule has 1 aromatic heterocycles. The molecule has 33 heavy (non-hydrogen) atoms. The smallest absolute Gasteiger partial charge is 0.140 e. The molecule has 0 aliphatic heterocycles. The van der Waals surface area contributed by atoms with Crippen LogP contribution in [0.1, 0.15) is 44.4 Å². The Labute approximate surface area is 198 Å². The average molecular weight is 438 g/mol. The van der Waals surface area contributed by atoms with E-state index in [9.17, 15) is 0 Å². The van der Waals surface area contributed by atoms with E-state index < -0.39 is 0 Å². The van der Waals surface area contributed by atoms with Crippen LogP contribution in [-0.4, -0.2) is 21.0 Å². The van der Waals surface area contributed by atoms with Gasteiger partial charge in [0.1, 0.15) is 5.82 Å². The van der Waals surface area contributed by atoms with Gasteiger partial charge in [-0.25, -0.2) is 4.98 Å². The van der Waals surface area contributed by atoms with Gasteiger partial charge in [-0.05, 0) is 24.9 Å². The highest BCUT2D eigenvalue weighted by Gasteiger charge is 2.21. The van der Waals surface area contributed by atoms with Gasteiger partial charge in [0.25, 0.3) is 0 Å². The molecular weight excluding hydrogens is 402 g/mol. The second-order valence-electron chi connectivity index (χ2n) is 8.66. The Bertz CT molecular complexity index is 1100. The monoisotopic (exact) mass is 437 g/mol. The molecule has 1 heterocycles. The zero-order valence-corrected chi connectivity index (χ0v) is 20.0. The minimum atomic E-state index is 0.885. The lowest BCUT2D eigenvalue weighted by molar-refractivity contribution is 0.251. The van der Waals surface area contributed by atoms with Crippen LogP contribution in [0.4, 0.5) is 0 Å². The Kier molecular flexibility index (Phi) is 8.10. The van der Waals surface area contributed by atoms with Crippen molar-refractivity contribution in [2.24, 2.45) is 0 Å². The van der Waals surface area contributed by atoms with Gasteiger partial charge in [0.2, 0.25) is 0 Å². The van der Waals surface area contributed by atoms with Crippen LogP contribution in [0.25, 0.3) is 22.6 Å². The van der Waals surface area contributed by atoms with Crippen molar-refractivity contribution in [2.45, 2.75) is 52.7 Å². The SMILES string of the molecule is CCCCn1c(-c2ccccc2)nc(-c2ccccc2)c1CN(CCC)Cc1ccccc1. The third-order valence-electron chi connectivity index (χ3n) is 6.05. The first kappa shape index (κ1) is 23.0. The van der Waals surface area contributed by atoms with E-state index in [2.05, 4.69) is 114 Å². The fourth-order valence-electron chi connectivity index (χ4n) is 4.42.